The lowest BCUT2D eigenvalue weighted by molar-refractivity contribution is -0.0869. The average molecular weight is 537 g/mol. The molecule has 5 rings (SSSR count). The summed E-state index contributed by atoms with van der Waals surface area (Å²) in [4.78, 5) is 6.72. The average Bonchev–Trinajstić information content (AvgIpc) is 3.48. The zero-order valence-corrected chi connectivity index (χ0v) is 21.3. The summed E-state index contributed by atoms with van der Waals surface area (Å²) in [6.07, 6.45) is 1.63. The first-order valence-electron chi connectivity index (χ1n) is 13.1. The number of aromatic amines is 1. The molecule has 1 aromatic heterocycles. The first-order chi connectivity index (χ1) is 18.2. The highest BCUT2D eigenvalue weighted by atomic mass is 19.3. The molecule has 38 heavy (non-hydrogen) atoms. The summed E-state index contributed by atoms with van der Waals surface area (Å²) < 4.78 is 73.0. The maximum absolute atomic E-state index is 15.8. The van der Waals surface area contributed by atoms with Gasteiger partial charge in [0, 0.05) is 59.6 Å². The Labute approximate surface area is 218 Å². The Kier molecular flexibility index (Phi) is 7.66. The predicted octanol–water partition coefficient (Wildman–Crippen LogP) is 5.26. The maximum Gasteiger partial charge on any atom is 0.283 e. The van der Waals surface area contributed by atoms with E-state index in [1.807, 2.05) is 24.3 Å². The molecule has 3 aromatic rings. The molecule has 0 bridgehead atoms. The van der Waals surface area contributed by atoms with Gasteiger partial charge in [-0.2, -0.15) is 0 Å². The lowest BCUT2D eigenvalue weighted by Gasteiger charge is -2.42. The number of nitrogens with zero attached hydrogens (tertiary/aromatic N) is 2. The first-order valence-corrected chi connectivity index (χ1v) is 13.1. The molecule has 2 aromatic carbocycles. The molecule has 0 radical (unpaired) electrons. The highest BCUT2D eigenvalue weighted by Crippen LogP contribution is 2.43. The van der Waals surface area contributed by atoms with Crippen LogP contribution in [0.5, 0.6) is 0 Å². The molecular weight excluding hydrogens is 503 g/mol. The minimum Gasteiger partial charge on any atom is -0.390 e. The zero-order valence-electron chi connectivity index (χ0n) is 21.3. The van der Waals surface area contributed by atoms with E-state index in [0.29, 0.717) is 31.6 Å². The fraction of sp³-hybridized carbons (Fsp3) is 0.500. The van der Waals surface area contributed by atoms with Crippen molar-refractivity contribution in [2.45, 2.75) is 50.2 Å². The van der Waals surface area contributed by atoms with Gasteiger partial charge in [-0.3, -0.25) is 9.29 Å². The van der Waals surface area contributed by atoms with E-state index < -0.39 is 42.8 Å². The fourth-order valence-corrected chi connectivity index (χ4v) is 5.98. The number of aliphatic hydroxyl groups is 1. The number of aromatic nitrogens is 1. The third-order valence-corrected chi connectivity index (χ3v) is 7.77. The van der Waals surface area contributed by atoms with E-state index in [0.717, 1.165) is 29.4 Å². The molecular formula is C28H33F5N4O. The third-order valence-electron chi connectivity index (χ3n) is 7.77. The Balaban J connectivity index is 1.51. The van der Waals surface area contributed by atoms with Crippen molar-refractivity contribution in [2.75, 3.05) is 44.8 Å². The molecule has 0 saturated carbocycles. The maximum atomic E-state index is 15.8. The number of hydrogen-bond donors (Lipinski definition) is 3. The van der Waals surface area contributed by atoms with Crippen LogP contribution in [0, 0.1) is 11.6 Å². The minimum absolute atomic E-state index is 0.0333. The number of benzene rings is 2. The second-order valence-electron chi connectivity index (χ2n) is 10.5. The van der Waals surface area contributed by atoms with E-state index in [2.05, 4.69) is 15.2 Å². The van der Waals surface area contributed by atoms with E-state index >= 15 is 8.78 Å². The summed E-state index contributed by atoms with van der Waals surface area (Å²) >= 11 is 0. The zero-order chi connectivity index (χ0) is 27.0. The molecule has 1 fully saturated rings. The summed E-state index contributed by atoms with van der Waals surface area (Å²) in [5, 5.41) is 13.3. The Bertz CT molecular complexity index is 1260. The summed E-state index contributed by atoms with van der Waals surface area (Å²) in [5.74, 6) is -5.11. The van der Waals surface area contributed by atoms with Crippen molar-refractivity contribution in [3.05, 3.63) is 64.9 Å². The van der Waals surface area contributed by atoms with Gasteiger partial charge in [0.2, 0.25) is 0 Å². The van der Waals surface area contributed by atoms with E-state index in [4.69, 9.17) is 0 Å². The molecule has 10 heteroatoms. The molecule has 2 aliphatic rings. The minimum atomic E-state index is -3.44. The number of alkyl halides is 3. The molecule has 0 spiro atoms. The molecule has 3 atom stereocenters. The number of likely N-dealkylation sites (tertiary alicyclic amines) is 1. The number of nitrogens with one attached hydrogen (secondary N) is 2. The highest BCUT2D eigenvalue weighted by Gasteiger charge is 2.43. The molecule has 5 nitrogen and oxygen atoms in total. The number of H-pyrrole nitrogens is 1. The van der Waals surface area contributed by atoms with Gasteiger partial charge >= 0.3 is 0 Å². The van der Waals surface area contributed by atoms with Gasteiger partial charge in [-0.25, -0.2) is 17.6 Å². The summed E-state index contributed by atoms with van der Waals surface area (Å²) in [5.41, 5.74) is 2.06. The fourth-order valence-electron chi connectivity index (χ4n) is 5.98. The van der Waals surface area contributed by atoms with Crippen LogP contribution in [-0.2, 0) is 6.42 Å². The number of para-hydroxylation sites is 1. The molecule has 0 aliphatic carbocycles. The second kappa shape index (κ2) is 10.8. The summed E-state index contributed by atoms with van der Waals surface area (Å²) in [6, 6.07) is 8.26. The van der Waals surface area contributed by atoms with Gasteiger partial charge in [-0.1, -0.05) is 18.2 Å². The van der Waals surface area contributed by atoms with Crippen LogP contribution in [0.1, 0.15) is 42.6 Å². The molecule has 3 unspecified atom stereocenters. The van der Waals surface area contributed by atoms with Crippen LogP contribution in [0.25, 0.3) is 10.9 Å². The second-order valence-corrected chi connectivity index (χ2v) is 10.5. The van der Waals surface area contributed by atoms with Crippen molar-refractivity contribution in [3.63, 3.8) is 0 Å². The van der Waals surface area contributed by atoms with Crippen LogP contribution < -0.4 is 5.32 Å². The molecule has 3 heterocycles. The number of halogens is 5. The van der Waals surface area contributed by atoms with Crippen LogP contribution >= 0.6 is 0 Å². The number of fused-ring (bicyclic) bond motifs is 3. The van der Waals surface area contributed by atoms with Gasteiger partial charge in [0.05, 0.1) is 19.3 Å². The van der Waals surface area contributed by atoms with Crippen LogP contribution in [0.2, 0.25) is 0 Å². The molecule has 2 aliphatic heterocycles. The molecule has 1 saturated heterocycles. The monoisotopic (exact) mass is 536 g/mol. The number of hydrogen-bond acceptors (Lipinski definition) is 4. The van der Waals surface area contributed by atoms with Crippen molar-refractivity contribution in [2.24, 2.45) is 0 Å². The number of anilines is 1. The topological polar surface area (TPSA) is 54.5 Å². The van der Waals surface area contributed by atoms with Crippen LogP contribution in [-0.4, -0.2) is 77.4 Å². The van der Waals surface area contributed by atoms with Crippen LogP contribution in [0.15, 0.2) is 36.4 Å². The lowest BCUT2D eigenvalue weighted by Crippen LogP contribution is -2.49. The number of aliphatic hydroxyl groups excluding tert-OH is 1. The van der Waals surface area contributed by atoms with E-state index in [1.165, 1.54) is 17.0 Å². The molecule has 206 valence electrons. The van der Waals surface area contributed by atoms with Gasteiger partial charge in [0.15, 0.2) is 0 Å². The van der Waals surface area contributed by atoms with Gasteiger partial charge in [-0.05, 0) is 49.9 Å². The molecule has 0 amide bonds. The lowest BCUT2D eigenvalue weighted by atomic mass is 9.87. The van der Waals surface area contributed by atoms with Gasteiger partial charge in [0.25, 0.3) is 5.92 Å². The third kappa shape index (κ3) is 5.26. The number of rotatable bonds is 9. The quantitative estimate of drug-likeness (QED) is 0.327. The predicted molar refractivity (Wildman–Crippen MR) is 137 cm³/mol. The Morgan fingerprint density at radius 2 is 1.89 bits per heavy atom. The molecule has 3 N–H and O–H groups in total. The van der Waals surface area contributed by atoms with Crippen LogP contribution in [0.3, 0.4) is 0 Å². The smallest absolute Gasteiger partial charge is 0.283 e. The largest absolute Gasteiger partial charge is 0.390 e. The SMILES string of the molecule is CC1Cc2c([nH]c3ccccc23)C(c2c(F)cc(NC3CCN(CCCF)C3)cc2F)N1CC(F)(F)CO. The van der Waals surface area contributed by atoms with E-state index in [9.17, 15) is 18.3 Å². The van der Waals surface area contributed by atoms with Crippen molar-refractivity contribution in [1.82, 2.24) is 14.8 Å². The van der Waals surface area contributed by atoms with Crippen molar-refractivity contribution in [1.29, 1.82) is 0 Å². The van der Waals surface area contributed by atoms with Gasteiger partial charge in [0.1, 0.15) is 18.2 Å². The van der Waals surface area contributed by atoms with Crippen molar-refractivity contribution >= 4 is 16.6 Å². The van der Waals surface area contributed by atoms with Crippen LogP contribution in [0.4, 0.5) is 27.6 Å². The normalized spacial score (nSPS) is 22.8. The van der Waals surface area contributed by atoms with E-state index in [-0.39, 0.29) is 24.0 Å². The summed E-state index contributed by atoms with van der Waals surface area (Å²) in [6.45, 7) is 1.22. The highest BCUT2D eigenvalue weighted by molar-refractivity contribution is 5.85. The van der Waals surface area contributed by atoms with Gasteiger partial charge in [-0.15, -0.1) is 0 Å². The first kappa shape index (κ1) is 26.9. The summed E-state index contributed by atoms with van der Waals surface area (Å²) in [7, 11) is 0. The van der Waals surface area contributed by atoms with E-state index in [1.54, 1.807) is 6.92 Å². The Morgan fingerprint density at radius 3 is 2.61 bits per heavy atom. The van der Waals surface area contributed by atoms with Crippen molar-refractivity contribution < 1.29 is 27.1 Å². The Morgan fingerprint density at radius 1 is 1.16 bits per heavy atom. The van der Waals surface area contributed by atoms with Gasteiger partial charge < -0.3 is 20.3 Å². The Hall–Kier alpha value is -2.69. The standard InChI is InChI=1S/C28H33F5N4O/c1-17-11-21-20-5-2-3-6-24(20)35-26(21)27(37(17)15-28(32,33)16-38)25-22(30)12-19(13-23(25)31)34-18-7-10-36(14-18)9-4-8-29/h2-3,5-6,12-13,17-18,27,34-35,38H,4,7-11,14-16H2,1H3. The van der Waals surface area contributed by atoms with Crippen molar-refractivity contribution in [3.8, 4) is 0 Å².